The van der Waals surface area contributed by atoms with Gasteiger partial charge in [-0.3, -0.25) is 4.90 Å². The molecule has 1 atom stereocenters. The summed E-state index contributed by atoms with van der Waals surface area (Å²) in [6, 6.07) is 13.1. The third kappa shape index (κ3) is 3.71. The molecule has 2 amide bonds. The SMILES string of the molecule is O=C(NCc1ccco1)N1CCN([C@@H]2CCc3ccccc3C2)CC1. The molecule has 1 aromatic carbocycles. The predicted octanol–water partition coefficient (Wildman–Crippen LogP) is 2.66. The van der Waals surface area contributed by atoms with Gasteiger partial charge in [0.2, 0.25) is 0 Å². The smallest absolute Gasteiger partial charge is 0.317 e. The van der Waals surface area contributed by atoms with Gasteiger partial charge in [-0.25, -0.2) is 4.79 Å². The van der Waals surface area contributed by atoms with E-state index in [9.17, 15) is 4.79 Å². The number of hydrogen-bond acceptors (Lipinski definition) is 3. The summed E-state index contributed by atoms with van der Waals surface area (Å²) in [5, 5.41) is 2.94. The van der Waals surface area contributed by atoms with Crippen LogP contribution in [-0.2, 0) is 19.4 Å². The third-order valence-corrected chi connectivity index (χ3v) is 5.43. The number of hydrogen-bond donors (Lipinski definition) is 1. The molecule has 5 nitrogen and oxygen atoms in total. The van der Waals surface area contributed by atoms with Gasteiger partial charge in [-0.2, -0.15) is 0 Å². The summed E-state index contributed by atoms with van der Waals surface area (Å²) in [7, 11) is 0. The Morgan fingerprint density at radius 1 is 1.08 bits per heavy atom. The van der Waals surface area contributed by atoms with Crippen molar-refractivity contribution in [1.82, 2.24) is 15.1 Å². The average molecular weight is 339 g/mol. The van der Waals surface area contributed by atoms with Gasteiger partial charge in [0.05, 0.1) is 12.8 Å². The normalized spacial score (nSPS) is 21.0. The molecular formula is C20H25N3O2. The van der Waals surface area contributed by atoms with E-state index in [1.807, 2.05) is 17.0 Å². The Labute approximate surface area is 148 Å². The van der Waals surface area contributed by atoms with Crippen molar-refractivity contribution in [2.24, 2.45) is 0 Å². The number of fused-ring (bicyclic) bond motifs is 1. The summed E-state index contributed by atoms with van der Waals surface area (Å²) in [5.74, 6) is 0.785. The molecule has 0 radical (unpaired) electrons. The van der Waals surface area contributed by atoms with Crippen molar-refractivity contribution in [1.29, 1.82) is 0 Å². The second kappa shape index (κ2) is 7.31. The Morgan fingerprint density at radius 3 is 2.64 bits per heavy atom. The van der Waals surface area contributed by atoms with Gasteiger partial charge in [-0.15, -0.1) is 0 Å². The molecule has 2 aliphatic rings. The van der Waals surface area contributed by atoms with E-state index in [-0.39, 0.29) is 6.03 Å². The van der Waals surface area contributed by atoms with Crippen molar-refractivity contribution in [3.8, 4) is 0 Å². The summed E-state index contributed by atoms with van der Waals surface area (Å²) >= 11 is 0. The zero-order valence-electron chi connectivity index (χ0n) is 14.5. The first-order chi connectivity index (χ1) is 12.3. The summed E-state index contributed by atoms with van der Waals surface area (Å²) in [6.45, 7) is 3.96. The van der Waals surface area contributed by atoms with Crippen LogP contribution in [0.4, 0.5) is 4.79 Å². The highest BCUT2D eigenvalue weighted by Gasteiger charge is 2.28. The molecule has 25 heavy (non-hydrogen) atoms. The average Bonchev–Trinajstić information content (AvgIpc) is 3.19. The number of benzene rings is 1. The predicted molar refractivity (Wildman–Crippen MR) is 96.3 cm³/mol. The largest absolute Gasteiger partial charge is 0.467 e. The number of amides is 2. The minimum atomic E-state index is 0.00467. The number of aryl methyl sites for hydroxylation is 1. The highest BCUT2D eigenvalue weighted by Crippen LogP contribution is 2.25. The lowest BCUT2D eigenvalue weighted by Gasteiger charge is -2.41. The fraction of sp³-hybridized carbons (Fsp3) is 0.450. The van der Waals surface area contributed by atoms with E-state index in [1.165, 1.54) is 24.0 Å². The molecule has 2 aromatic rings. The summed E-state index contributed by atoms with van der Waals surface area (Å²) in [6.07, 6.45) is 5.16. The van der Waals surface area contributed by atoms with Gasteiger partial charge in [0.1, 0.15) is 5.76 Å². The van der Waals surface area contributed by atoms with Crippen molar-refractivity contribution in [3.63, 3.8) is 0 Å². The van der Waals surface area contributed by atoms with E-state index in [1.54, 1.807) is 6.26 Å². The number of nitrogens with zero attached hydrogens (tertiary/aromatic N) is 2. The van der Waals surface area contributed by atoms with Crippen molar-refractivity contribution in [3.05, 3.63) is 59.5 Å². The van der Waals surface area contributed by atoms with Gasteiger partial charge >= 0.3 is 6.03 Å². The highest BCUT2D eigenvalue weighted by molar-refractivity contribution is 5.74. The first kappa shape index (κ1) is 16.2. The Hall–Kier alpha value is -2.27. The van der Waals surface area contributed by atoms with Crippen LogP contribution in [0.15, 0.2) is 47.1 Å². The molecule has 0 bridgehead atoms. The maximum Gasteiger partial charge on any atom is 0.317 e. The van der Waals surface area contributed by atoms with Crippen molar-refractivity contribution in [2.75, 3.05) is 26.2 Å². The zero-order chi connectivity index (χ0) is 17.1. The second-order valence-corrected chi connectivity index (χ2v) is 6.93. The molecule has 1 aliphatic heterocycles. The molecule has 5 heteroatoms. The van der Waals surface area contributed by atoms with Crippen LogP contribution in [0.5, 0.6) is 0 Å². The molecule has 132 valence electrons. The minimum Gasteiger partial charge on any atom is -0.467 e. The topological polar surface area (TPSA) is 48.7 Å². The lowest BCUT2D eigenvalue weighted by molar-refractivity contribution is 0.101. The molecule has 1 fully saturated rings. The zero-order valence-corrected chi connectivity index (χ0v) is 14.5. The van der Waals surface area contributed by atoms with Gasteiger partial charge < -0.3 is 14.6 Å². The number of piperazine rings is 1. The van der Waals surface area contributed by atoms with Crippen LogP contribution in [0.2, 0.25) is 0 Å². The van der Waals surface area contributed by atoms with Crippen LogP contribution in [0.3, 0.4) is 0 Å². The lowest BCUT2D eigenvalue weighted by Crippen LogP contribution is -2.54. The van der Waals surface area contributed by atoms with Crippen molar-refractivity contribution in [2.45, 2.75) is 31.8 Å². The van der Waals surface area contributed by atoms with Gasteiger partial charge in [0, 0.05) is 32.2 Å². The molecule has 1 N–H and O–H groups in total. The van der Waals surface area contributed by atoms with Crippen molar-refractivity contribution < 1.29 is 9.21 Å². The fourth-order valence-corrected chi connectivity index (χ4v) is 3.97. The minimum absolute atomic E-state index is 0.00467. The first-order valence-electron chi connectivity index (χ1n) is 9.15. The molecule has 1 aliphatic carbocycles. The van der Waals surface area contributed by atoms with Gasteiger partial charge in [0.25, 0.3) is 0 Å². The standard InChI is InChI=1S/C20H25N3O2/c24-20(21-15-19-6-3-13-25-19)23-11-9-22(10-12-23)18-8-7-16-4-1-2-5-17(16)14-18/h1-6,13,18H,7-12,14-15H2,(H,21,24)/t18-/m1/s1. The highest BCUT2D eigenvalue weighted by atomic mass is 16.3. The molecule has 0 saturated carbocycles. The number of carbonyl (C=O) groups excluding carboxylic acids is 1. The molecule has 2 heterocycles. The number of nitrogens with one attached hydrogen (secondary N) is 1. The van der Waals surface area contributed by atoms with Crippen molar-refractivity contribution >= 4 is 6.03 Å². The monoisotopic (exact) mass is 339 g/mol. The summed E-state index contributed by atoms with van der Waals surface area (Å²) in [4.78, 5) is 16.8. The van der Waals surface area contributed by atoms with Gasteiger partial charge in [-0.1, -0.05) is 24.3 Å². The van der Waals surface area contributed by atoms with E-state index in [4.69, 9.17) is 4.42 Å². The number of urea groups is 1. The number of carbonyl (C=O) groups is 1. The molecule has 0 spiro atoms. The first-order valence-corrected chi connectivity index (χ1v) is 9.15. The van der Waals surface area contributed by atoms with Gasteiger partial charge in [0.15, 0.2) is 0 Å². The molecule has 1 aromatic heterocycles. The van der Waals surface area contributed by atoms with Crippen LogP contribution < -0.4 is 5.32 Å². The molecular weight excluding hydrogens is 314 g/mol. The van der Waals surface area contributed by atoms with E-state index < -0.39 is 0 Å². The van der Waals surface area contributed by atoms with Crippen LogP contribution in [-0.4, -0.2) is 48.1 Å². The van der Waals surface area contributed by atoms with E-state index in [2.05, 4.69) is 34.5 Å². The van der Waals surface area contributed by atoms with Crippen LogP contribution in [0, 0.1) is 0 Å². The van der Waals surface area contributed by atoms with Gasteiger partial charge in [-0.05, 0) is 42.5 Å². The Bertz CT molecular complexity index is 705. The van der Waals surface area contributed by atoms with E-state index in [0.717, 1.165) is 38.4 Å². The lowest BCUT2D eigenvalue weighted by atomic mass is 9.87. The number of rotatable bonds is 3. The Morgan fingerprint density at radius 2 is 1.88 bits per heavy atom. The van der Waals surface area contributed by atoms with Crippen LogP contribution in [0.1, 0.15) is 23.3 Å². The quantitative estimate of drug-likeness (QED) is 0.935. The fourth-order valence-electron chi connectivity index (χ4n) is 3.97. The van der Waals surface area contributed by atoms with Crippen LogP contribution in [0.25, 0.3) is 0 Å². The summed E-state index contributed by atoms with van der Waals surface area (Å²) in [5.41, 5.74) is 3.01. The van der Waals surface area contributed by atoms with E-state index >= 15 is 0 Å². The third-order valence-electron chi connectivity index (χ3n) is 5.43. The molecule has 1 saturated heterocycles. The van der Waals surface area contributed by atoms with Crippen LogP contribution >= 0.6 is 0 Å². The van der Waals surface area contributed by atoms with E-state index in [0.29, 0.717) is 12.6 Å². The number of furan rings is 1. The molecule has 0 unspecified atom stereocenters. The second-order valence-electron chi connectivity index (χ2n) is 6.93. The Kier molecular flexibility index (Phi) is 4.74. The molecule has 4 rings (SSSR count). The Balaban J connectivity index is 1.26. The maximum atomic E-state index is 12.3. The summed E-state index contributed by atoms with van der Waals surface area (Å²) < 4.78 is 5.25. The maximum absolute atomic E-state index is 12.3.